The second-order valence-electron chi connectivity index (χ2n) is 4.03. The van der Waals surface area contributed by atoms with Crippen molar-refractivity contribution in [3.63, 3.8) is 0 Å². The molecule has 0 aliphatic heterocycles. The molecule has 0 bridgehead atoms. The Bertz CT molecular complexity index is 770. The Morgan fingerprint density at radius 3 is 2.90 bits per heavy atom. The Morgan fingerprint density at radius 1 is 1.25 bits per heavy atom. The van der Waals surface area contributed by atoms with E-state index in [1.165, 1.54) is 0 Å². The third-order valence-electron chi connectivity index (χ3n) is 2.70. The molecule has 2 heterocycles. The number of nitrogens with two attached hydrogens (primary N) is 1. The average molecular weight is 276 g/mol. The Labute approximate surface area is 112 Å². The summed E-state index contributed by atoms with van der Waals surface area (Å²) in [5.74, 6) is 4.79. The van der Waals surface area contributed by atoms with Gasteiger partial charge < -0.3 is 15.1 Å². The molecule has 0 aliphatic rings. The van der Waals surface area contributed by atoms with E-state index in [1.807, 2.05) is 0 Å². The lowest BCUT2D eigenvalue weighted by Crippen LogP contribution is -2.11. The van der Waals surface area contributed by atoms with Crippen LogP contribution in [0, 0.1) is 11.6 Å². The van der Waals surface area contributed by atoms with Crippen molar-refractivity contribution in [1.82, 2.24) is 14.4 Å². The standard InChI is InChI=1S/C12H10F2N6/c13-7-1-2-8(14)9(5-7)17-11-12-16-3-4-20(12)6-10(18-11)19-15/h1-6,19H,15H2,(H,17,18). The van der Waals surface area contributed by atoms with Crippen molar-refractivity contribution in [3.8, 4) is 0 Å². The summed E-state index contributed by atoms with van der Waals surface area (Å²) in [5.41, 5.74) is 2.83. The van der Waals surface area contributed by atoms with E-state index in [2.05, 4.69) is 20.7 Å². The molecule has 6 nitrogen and oxygen atoms in total. The fourth-order valence-corrected chi connectivity index (χ4v) is 1.81. The molecule has 0 aliphatic carbocycles. The van der Waals surface area contributed by atoms with Crippen molar-refractivity contribution in [2.75, 3.05) is 10.7 Å². The Kier molecular flexibility index (Phi) is 2.92. The van der Waals surface area contributed by atoms with Crippen LogP contribution in [0.5, 0.6) is 0 Å². The minimum atomic E-state index is -0.594. The monoisotopic (exact) mass is 276 g/mol. The largest absolute Gasteiger partial charge is 0.335 e. The summed E-state index contributed by atoms with van der Waals surface area (Å²) < 4.78 is 28.5. The van der Waals surface area contributed by atoms with Gasteiger partial charge in [-0.05, 0) is 12.1 Å². The fourth-order valence-electron chi connectivity index (χ4n) is 1.81. The summed E-state index contributed by atoms with van der Waals surface area (Å²) in [6.45, 7) is 0. The molecule has 0 radical (unpaired) electrons. The number of nitrogens with zero attached hydrogens (tertiary/aromatic N) is 3. The molecule has 20 heavy (non-hydrogen) atoms. The normalized spacial score (nSPS) is 10.8. The van der Waals surface area contributed by atoms with Gasteiger partial charge in [-0.1, -0.05) is 0 Å². The van der Waals surface area contributed by atoms with Crippen LogP contribution in [-0.2, 0) is 0 Å². The number of benzene rings is 1. The lowest BCUT2D eigenvalue weighted by Gasteiger charge is -2.10. The molecule has 1 aromatic carbocycles. The molecular weight excluding hydrogens is 266 g/mol. The van der Waals surface area contributed by atoms with Gasteiger partial charge in [0, 0.05) is 18.5 Å². The molecule has 0 saturated carbocycles. The van der Waals surface area contributed by atoms with Crippen molar-refractivity contribution in [1.29, 1.82) is 0 Å². The number of imidazole rings is 1. The van der Waals surface area contributed by atoms with Crippen LogP contribution in [0.25, 0.3) is 5.65 Å². The smallest absolute Gasteiger partial charge is 0.180 e. The SMILES string of the molecule is NNc1cn2ccnc2c(Nc2cc(F)ccc2F)n1. The quantitative estimate of drug-likeness (QED) is 0.504. The van der Waals surface area contributed by atoms with Crippen LogP contribution in [0.4, 0.5) is 26.1 Å². The maximum absolute atomic E-state index is 13.6. The first-order chi connectivity index (χ1) is 9.67. The number of anilines is 3. The van der Waals surface area contributed by atoms with Crippen LogP contribution >= 0.6 is 0 Å². The molecule has 0 amide bonds. The number of nitrogens with one attached hydrogen (secondary N) is 2. The minimum absolute atomic E-state index is 0.0310. The van der Waals surface area contributed by atoms with Crippen molar-refractivity contribution >= 4 is 23.0 Å². The van der Waals surface area contributed by atoms with Crippen molar-refractivity contribution < 1.29 is 8.78 Å². The Balaban J connectivity index is 2.09. The number of hydrogen-bond acceptors (Lipinski definition) is 5. The highest BCUT2D eigenvalue weighted by molar-refractivity contribution is 5.71. The van der Waals surface area contributed by atoms with E-state index in [0.717, 1.165) is 18.2 Å². The van der Waals surface area contributed by atoms with Crippen LogP contribution in [0.3, 0.4) is 0 Å². The van der Waals surface area contributed by atoms with E-state index < -0.39 is 11.6 Å². The van der Waals surface area contributed by atoms with Gasteiger partial charge in [0.05, 0.1) is 11.9 Å². The molecule has 102 valence electrons. The third kappa shape index (κ3) is 2.12. The van der Waals surface area contributed by atoms with Gasteiger partial charge in [0.2, 0.25) is 0 Å². The lowest BCUT2D eigenvalue weighted by atomic mass is 10.3. The molecule has 2 aromatic heterocycles. The average Bonchev–Trinajstić information content (AvgIpc) is 2.91. The molecule has 3 rings (SSSR count). The van der Waals surface area contributed by atoms with Crippen LogP contribution < -0.4 is 16.6 Å². The van der Waals surface area contributed by atoms with Gasteiger partial charge in [-0.2, -0.15) is 0 Å². The number of fused-ring (bicyclic) bond motifs is 1. The predicted octanol–water partition coefficient (Wildman–Crippen LogP) is 2.04. The maximum Gasteiger partial charge on any atom is 0.180 e. The molecule has 0 spiro atoms. The zero-order valence-electron chi connectivity index (χ0n) is 10.1. The van der Waals surface area contributed by atoms with Gasteiger partial charge in [0.1, 0.15) is 11.6 Å². The van der Waals surface area contributed by atoms with Crippen molar-refractivity contribution in [2.45, 2.75) is 0 Å². The van der Waals surface area contributed by atoms with E-state index in [4.69, 9.17) is 5.84 Å². The van der Waals surface area contributed by atoms with E-state index in [1.54, 1.807) is 23.0 Å². The maximum atomic E-state index is 13.6. The van der Waals surface area contributed by atoms with Crippen LogP contribution in [0.15, 0.2) is 36.8 Å². The highest BCUT2D eigenvalue weighted by atomic mass is 19.1. The molecule has 0 atom stereocenters. The van der Waals surface area contributed by atoms with Crippen LogP contribution in [0.2, 0.25) is 0 Å². The predicted molar refractivity (Wildman–Crippen MR) is 70.4 cm³/mol. The Hall–Kier alpha value is -2.74. The number of halogens is 2. The van der Waals surface area contributed by atoms with Gasteiger partial charge in [0.25, 0.3) is 0 Å². The van der Waals surface area contributed by atoms with Crippen molar-refractivity contribution in [3.05, 3.63) is 48.4 Å². The first-order valence-electron chi connectivity index (χ1n) is 5.70. The van der Waals surface area contributed by atoms with Gasteiger partial charge >= 0.3 is 0 Å². The Morgan fingerprint density at radius 2 is 2.10 bits per heavy atom. The van der Waals surface area contributed by atoms with E-state index >= 15 is 0 Å². The highest BCUT2D eigenvalue weighted by Crippen LogP contribution is 2.23. The second-order valence-corrected chi connectivity index (χ2v) is 4.03. The van der Waals surface area contributed by atoms with E-state index in [-0.39, 0.29) is 11.5 Å². The third-order valence-corrected chi connectivity index (χ3v) is 2.70. The van der Waals surface area contributed by atoms with Crippen LogP contribution in [-0.4, -0.2) is 14.4 Å². The number of nitrogen functional groups attached to an aromatic ring is 1. The number of aromatic nitrogens is 3. The summed E-state index contributed by atoms with van der Waals surface area (Å²) in [6, 6.07) is 3.11. The fraction of sp³-hybridized carbons (Fsp3) is 0. The molecule has 4 N–H and O–H groups in total. The summed E-state index contributed by atoms with van der Waals surface area (Å²) >= 11 is 0. The molecule has 8 heteroatoms. The summed E-state index contributed by atoms with van der Waals surface area (Å²) in [6.07, 6.45) is 4.87. The first kappa shape index (κ1) is 12.3. The molecule has 3 aromatic rings. The van der Waals surface area contributed by atoms with Gasteiger partial charge in [-0.25, -0.2) is 24.6 Å². The van der Waals surface area contributed by atoms with E-state index in [0.29, 0.717) is 11.5 Å². The van der Waals surface area contributed by atoms with Crippen LogP contribution in [0.1, 0.15) is 0 Å². The molecule has 0 unspecified atom stereocenters. The molecular formula is C12H10F2N6. The van der Waals surface area contributed by atoms with Gasteiger partial charge in [-0.3, -0.25) is 0 Å². The zero-order valence-corrected chi connectivity index (χ0v) is 10.1. The second kappa shape index (κ2) is 4.74. The van der Waals surface area contributed by atoms with E-state index in [9.17, 15) is 8.78 Å². The minimum Gasteiger partial charge on any atom is -0.335 e. The zero-order chi connectivity index (χ0) is 14.1. The summed E-state index contributed by atoms with van der Waals surface area (Å²) in [7, 11) is 0. The highest BCUT2D eigenvalue weighted by Gasteiger charge is 2.10. The topological polar surface area (TPSA) is 80.3 Å². The molecule has 0 saturated heterocycles. The summed E-state index contributed by atoms with van der Waals surface area (Å²) in [4.78, 5) is 8.23. The van der Waals surface area contributed by atoms with Gasteiger partial charge in [-0.15, -0.1) is 0 Å². The number of hydrazine groups is 1. The molecule has 0 fully saturated rings. The summed E-state index contributed by atoms with van der Waals surface area (Å²) in [5, 5.41) is 2.71. The van der Waals surface area contributed by atoms with Crippen molar-refractivity contribution in [2.24, 2.45) is 5.84 Å². The lowest BCUT2D eigenvalue weighted by molar-refractivity contribution is 0.603. The first-order valence-corrected chi connectivity index (χ1v) is 5.70. The number of rotatable bonds is 3. The number of hydrogen-bond donors (Lipinski definition) is 3. The van der Waals surface area contributed by atoms with Gasteiger partial charge in [0.15, 0.2) is 17.3 Å².